The van der Waals surface area contributed by atoms with Gasteiger partial charge in [0.2, 0.25) is 6.79 Å². The predicted molar refractivity (Wildman–Crippen MR) is 101 cm³/mol. The number of carbonyl (C=O) groups is 1. The van der Waals surface area contributed by atoms with Gasteiger partial charge in [-0.3, -0.25) is 25.0 Å². The highest BCUT2D eigenvalue weighted by Crippen LogP contribution is 2.37. The first-order valence-electron chi connectivity index (χ1n) is 7.82. The van der Waals surface area contributed by atoms with Gasteiger partial charge in [0.25, 0.3) is 17.3 Å². The molecule has 12 nitrogen and oxygen atoms in total. The van der Waals surface area contributed by atoms with Crippen LogP contribution in [0.4, 0.5) is 11.4 Å². The molecule has 0 aliphatic carbocycles. The maximum atomic E-state index is 11.8. The number of nitro benzene ring substituents is 2. The zero-order valence-corrected chi connectivity index (χ0v) is 15.9. The van der Waals surface area contributed by atoms with Gasteiger partial charge in [-0.05, 0) is 28.1 Å². The summed E-state index contributed by atoms with van der Waals surface area (Å²) in [6, 6.07) is 6.40. The molecular formula is C16H11BrN4O8. The molecule has 150 valence electrons. The number of hydrogen-bond acceptors (Lipinski definition) is 9. The first kappa shape index (κ1) is 20.0. The molecule has 0 aromatic heterocycles. The average Bonchev–Trinajstić information content (AvgIpc) is 3.13. The number of rotatable bonds is 7. The highest BCUT2D eigenvalue weighted by Gasteiger charge is 2.22. The number of nitro groups is 2. The van der Waals surface area contributed by atoms with Crippen LogP contribution in [0.1, 0.15) is 5.56 Å². The van der Waals surface area contributed by atoms with Crippen molar-refractivity contribution in [3.8, 4) is 17.2 Å². The third kappa shape index (κ3) is 4.76. The Morgan fingerprint density at radius 2 is 1.93 bits per heavy atom. The number of fused-ring (bicyclic) bond motifs is 1. The van der Waals surface area contributed by atoms with Crippen molar-refractivity contribution in [3.63, 3.8) is 0 Å². The average molecular weight is 467 g/mol. The quantitative estimate of drug-likeness (QED) is 0.370. The first-order chi connectivity index (χ1) is 13.8. The van der Waals surface area contributed by atoms with Crippen LogP contribution >= 0.6 is 15.9 Å². The van der Waals surface area contributed by atoms with Gasteiger partial charge in [0.15, 0.2) is 18.1 Å². The lowest BCUT2D eigenvalue weighted by molar-refractivity contribution is -0.385. The van der Waals surface area contributed by atoms with Crippen molar-refractivity contribution in [1.29, 1.82) is 0 Å². The Bertz CT molecular complexity index is 1030. The lowest BCUT2D eigenvalue weighted by Gasteiger charge is -2.07. The fourth-order valence-corrected chi connectivity index (χ4v) is 2.76. The number of benzene rings is 2. The number of hydrogen-bond donors (Lipinski definition) is 1. The van der Waals surface area contributed by atoms with Crippen LogP contribution in [0.15, 0.2) is 39.9 Å². The van der Waals surface area contributed by atoms with E-state index >= 15 is 0 Å². The first-order valence-corrected chi connectivity index (χ1v) is 8.61. The van der Waals surface area contributed by atoms with Gasteiger partial charge in [-0.25, -0.2) is 5.43 Å². The Labute approximate surface area is 170 Å². The van der Waals surface area contributed by atoms with Gasteiger partial charge in [0, 0.05) is 12.1 Å². The third-order valence-electron chi connectivity index (χ3n) is 3.60. The SMILES string of the molecule is O=C(COc1ccc([N+](=O)[O-])cc1Br)NN=Cc1cc2c(cc1[N+](=O)[O-])OCO2. The molecule has 2 aromatic carbocycles. The van der Waals surface area contributed by atoms with Gasteiger partial charge in [-0.1, -0.05) is 0 Å². The summed E-state index contributed by atoms with van der Waals surface area (Å²) in [5.41, 5.74) is 1.88. The van der Waals surface area contributed by atoms with Crippen LogP contribution in [0.2, 0.25) is 0 Å². The molecular weight excluding hydrogens is 456 g/mol. The smallest absolute Gasteiger partial charge is 0.282 e. The molecule has 0 unspecified atom stereocenters. The summed E-state index contributed by atoms with van der Waals surface area (Å²) < 4.78 is 15.8. The molecule has 2 aromatic rings. The normalized spacial score (nSPS) is 12.0. The number of carbonyl (C=O) groups excluding carboxylic acids is 1. The number of ether oxygens (including phenoxy) is 3. The lowest BCUT2D eigenvalue weighted by Crippen LogP contribution is -2.24. The van der Waals surface area contributed by atoms with E-state index in [1.165, 1.54) is 30.3 Å². The van der Waals surface area contributed by atoms with Crippen LogP contribution in [-0.2, 0) is 4.79 Å². The largest absolute Gasteiger partial charge is 0.483 e. The summed E-state index contributed by atoms with van der Waals surface area (Å²) in [4.78, 5) is 32.5. The zero-order chi connectivity index (χ0) is 21.0. The van der Waals surface area contributed by atoms with Crippen molar-refractivity contribution < 1.29 is 28.9 Å². The van der Waals surface area contributed by atoms with Crippen molar-refractivity contribution in [2.24, 2.45) is 5.10 Å². The minimum atomic E-state index is -0.644. The van der Waals surface area contributed by atoms with E-state index in [4.69, 9.17) is 14.2 Å². The van der Waals surface area contributed by atoms with E-state index < -0.39 is 22.4 Å². The van der Waals surface area contributed by atoms with Gasteiger partial charge >= 0.3 is 0 Å². The van der Waals surface area contributed by atoms with E-state index in [9.17, 15) is 25.0 Å². The van der Waals surface area contributed by atoms with E-state index in [2.05, 4.69) is 26.5 Å². The number of nitrogens with zero attached hydrogens (tertiary/aromatic N) is 3. The summed E-state index contributed by atoms with van der Waals surface area (Å²) in [6.45, 7) is -0.476. The van der Waals surface area contributed by atoms with Crippen molar-refractivity contribution in [2.75, 3.05) is 13.4 Å². The fraction of sp³-hybridized carbons (Fsp3) is 0.125. The molecule has 0 bridgehead atoms. The molecule has 13 heteroatoms. The van der Waals surface area contributed by atoms with Gasteiger partial charge < -0.3 is 14.2 Å². The Hall–Kier alpha value is -3.74. The van der Waals surface area contributed by atoms with Crippen molar-refractivity contribution in [2.45, 2.75) is 0 Å². The lowest BCUT2D eigenvalue weighted by atomic mass is 10.1. The Morgan fingerprint density at radius 1 is 1.21 bits per heavy atom. The Kier molecular flexibility index (Phi) is 5.87. The summed E-state index contributed by atoms with van der Waals surface area (Å²) in [6.07, 6.45) is 1.10. The van der Waals surface area contributed by atoms with E-state index in [1.54, 1.807) is 0 Å². The van der Waals surface area contributed by atoms with Crippen LogP contribution in [0.5, 0.6) is 17.2 Å². The van der Waals surface area contributed by atoms with Gasteiger partial charge in [0.05, 0.1) is 32.2 Å². The monoisotopic (exact) mass is 466 g/mol. The fourth-order valence-electron chi connectivity index (χ4n) is 2.28. The molecule has 1 aliphatic rings. The third-order valence-corrected chi connectivity index (χ3v) is 4.22. The van der Waals surface area contributed by atoms with Crippen molar-refractivity contribution in [3.05, 3.63) is 60.6 Å². The minimum Gasteiger partial charge on any atom is -0.483 e. The molecule has 0 radical (unpaired) electrons. The number of hydrazone groups is 1. The van der Waals surface area contributed by atoms with Gasteiger partial charge in [-0.15, -0.1) is 0 Å². The summed E-state index contributed by atoms with van der Waals surface area (Å²) in [5, 5.41) is 25.5. The molecule has 3 rings (SSSR count). The topological polar surface area (TPSA) is 155 Å². The molecule has 1 heterocycles. The second-order valence-electron chi connectivity index (χ2n) is 5.48. The van der Waals surface area contributed by atoms with E-state index in [0.29, 0.717) is 10.2 Å². The summed E-state index contributed by atoms with van der Waals surface area (Å²) >= 11 is 3.12. The van der Waals surface area contributed by atoms with E-state index in [1.807, 2.05) is 0 Å². The number of nitrogens with one attached hydrogen (secondary N) is 1. The van der Waals surface area contributed by atoms with E-state index in [0.717, 1.165) is 6.21 Å². The van der Waals surface area contributed by atoms with Gasteiger partial charge in [-0.2, -0.15) is 5.10 Å². The number of non-ortho nitro benzene ring substituents is 1. The summed E-state index contributed by atoms with van der Waals surface area (Å²) in [5.74, 6) is 0.158. The standard InChI is InChI=1S/C16H11BrN4O8/c17-11-4-10(20(23)24)1-2-13(11)27-7-16(22)19-18-6-9-3-14-15(29-8-28-14)5-12(9)21(25)26/h1-6H,7-8H2,(H,19,22). The zero-order valence-electron chi connectivity index (χ0n) is 14.4. The molecule has 0 saturated carbocycles. The Morgan fingerprint density at radius 3 is 2.59 bits per heavy atom. The van der Waals surface area contributed by atoms with E-state index in [-0.39, 0.29) is 35.2 Å². The molecule has 0 fully saturated rings. The molecule has 29 heavy (non-hydrogen) atoms. The maximum Gasteiger partial charge on any atom is 0.282 e. The molecule has 1 amide bonds. The molecule has 1 N–H and O–H groups in total. The highest BCUT2D eigenvalue weighted by atomic mass is 79.9. The highest BCUT2D eigenvalue weighted by molar-refractivity contribution is 9.10. The van der Waals surface area contributed by atoms with Crippen LogP contribution in [0.25, 0.3) is 0 Å². The maximum absolute atomic E-state index is 11.8. The van der Waals surface area contributed by atoms with Crippen LogP contribution in [-0.4, -0.2) is 35.4 Å². The summed E-state index contributed by atoms with van der Waals surface area (Å²) in [7, 11) is 0. The van der Waals surface area contributed by atoms with Crippen LogP contribution in [0.3, 0.4) is 0 Å². The second-order valence-corrected chi connectivity index (χ2v) is 6.33. The Balaban J connectivity index is 1.60. The van der Waals surface area contributed by atoms with Crippen molar-refractivity contribution in [1.82, 2.24) is 5.43 Å². The molecule has 0 spiro atoms. The van der Waals surface area contributed by atoms with Gasteiger partial charge in [0.1, 0.15) is 5.75 Å². The minimum absolute atomic E-state index is 0.0423. The number of amides is 1. The van der Waals surface area contributed by atoms with Crippen LogP contribution < -0.4 is 19.6 Å². The molecule has 1 aliphatic heterocycles. The van der Waals surface area contributed by atoms with Crippen molar-refractivity contribution >= 4 is 39.4 Å². The second kappa shape index (κ2) is 8.52. The molecule has 0 atom stereocenters. The number of halogens is 1. The molecule has 0 saturated heterocycles. The predicted octanol–water partition coefficient (Wildman–Crippen LogP) is 2.52. The van der Waals surface area contributed by atoms with Crippen LogP contribution in [0, 0.1) is 20.2 Å².